The molecule has 0 unspecified atom stereocenters. The van der Waals surface area contributed by atoms with Gasteiger partial charge in [-0.15, -0.1) is 0 Å². The molecular weight excluding hydrogens is 220 g/mol. The molecule has 4 heteroatoms. The zero-order valence-corrected chi connectivity index (χ0v) is 10.2. The van der Waals surface area contributed by atoms with E-state index in [0.29, 0.717) is 12.5 Å². The summed E-state index contributed by atoms with van der Waals surface area (Å²) in [5.74, 6) is 0.512. The van der Waals surface area contributed by atoms with Crippen LogP contribution in [0.15, 0.2) is 18.2 Å². The van der Waals surface area contributed by atoms with Gasteiger partial charge in [0.2, 0.25) is 0 Å². The topological polar surface area (TPSA) is 42.0 Å². The number of carbonyl (C=O) groups excluding carboxylic acids is 1. The second-order valence-corrected chi connectivity index (χ2v) is 4.98. The summed E-state index contributed by atoms with van der Waals surface area (Å²) in [5.41, 5.74) is 2.30. The van der Waals surface area contributed by atoms with Crippen LogP contribution < -0.4 is 5.32 Å². The van der Waals surface area contributed by atoms with Gasteiger partial charge in [0.15, 0.2) is 5.13 Å². The highest BCUT2D eigenvalue weighted by Gasteiger charge is 2.05. The number of anilines is 1. The van der Waals surface area contributed by atoms with E-state index in [1.807, 2.05) is 0 Å². The van der Waals surface area contributed by atoms with Gasteiger partial charge in [0.1, 0.15) is 6.29 Å². The number of thiazole rings is 1. The third-order valence-electron chi connectivity index (χ3n) is 2.41. The van der Waals surface area contributed by atoms with Gasteiger partial charge < -0.3 is 10.1 Å². The summed E-state index contributed by atoms with van der Waals surface area (Å²) in [6, 6.07) is 6.34. The second kappa shape index (κ2) is 4.61. The van der Waals surface area contributed by atoms with Crippen molar-refractivity contribution in [2.45, 2.75) is 19.8 Å². The van der Waals surface area contributed by atoms with Gasteiger partial charge in [0, 0.05) is 0 Å². The monoisotopic (exact) mass is 234 g/mol. The van der Waals surface area contributed by atoms with E-state index < -0.39 is 0 Å². The number of nitrogens with one attached hydrogen (secondary N) is 1. The van der Waals surface area contributed by atoms with E-state index in [-0.39, 0.29) is 0 Å². The predicted octanol–water partition coefficient (Wildman–Crippen LogP) is 3.03. The van der Waals surface area contributed by atoms with Crippen molar-refractivity contribution in [3.63, 3.8) is 0 Å². The molecule has 0 fully saturated rings. The molecule has 0 aliphatic heterocycles. The lowest BCUT2D eigenvalue weighted by Gasteiger charge is -2.03. The minimum Gasteiger partial charge on any atom is -0.355 e. The van der Waals surface area contributed by atoms with Crippen LogP contribution in [0.5, 0.6) is 0 Å². The van der Waals surface area contributed by atoms with Crippen molar-refractivity contribution >= 4 is 33.0 Å². The van der Waals surface area contributed by atoms with Crippen molar-refractivity contribution in [1.82, 2.24) is 4.98 Å². The molecule has 2 rings (SSSR count). The molecule has 0 atom stereocenters. The average Bonchev–Trinajstić information content (AvgIpc) is 2.67. The molecule has 1 N–H and O–H groups in total. The number of carbonyl (C=O) groups is 1. The average molecular weight is 234 g/mol. The van der Waals surface area contributed by atoms with Gasteiger partial charge >= 0.3 is 0 Å². The molecule has 0 saturated carbocycles. The van der Waals surface area contributed by atoms with Crippen molar-refractivity contribution in [3.8, 4) is 0 Å². The normalized spacial score (nSPS) is 10.9. The van der Waals surface area contributed by atoms with Crippen molar-refractivity contribution in [2.24, 2.45) is 0 Å². The summed E-state index contributed by atoms with van der Waals surface area (Å²) >= 11 is 1.58. The molecule has 0 spiro atoms. The van der Waals surface area contributed by atoms with Crippen molar-refractivity contribution < 1.29 is 4.79 Å². The van der Waals surface area contributed by atoms with E-state index >= 15 is 0 Å². The van der Waals surface area contributed by atoms with Crippen LogP contribution in [0.25, 0.3) is 10.2 Å². The fourth-order valence-corrected chi connectivity index (χ4v) is 2.36. The molecule has 1 aromatic carbocycles. The largest absolute Gasteiger partial charge is 0.355 e. The Kier molecular flexibility index (Phi) is 3.19. The maximum absolute atomic E-state index is 10.3. The lowest BCUT2D eigenvalue weighted by molar-refractivity contribution is -0.106. The molecule has 0 aliphatic carbocycles. The highest BCUT2D eigenvalue weighted by Crippen LogP contribution is 2.28. The summed E-state index contributed by atoms with van der Waals surface area (Å²) in [6.45, 7) is 4.65. The van der Waals surface area contributed by atoms with Gasteiger partial charge in [-0.25, -0.2) is 4.98 Å². The number of nitrogens with zero attached hydrogens (tertiary/aromatic N) is 1. The van der Waals surface area contributed by atoms with Gasteiger partial charge in [0.25, 0.3) is 0 Å². The molecule has 84 valence electrons. The summed E-state index contributed by atoms with van der Waals surface area (Å²) in [7, 11) is 0. The first kappa shape index (κ1) is 11.1. The third-order valence-corrected chi connectivity index (χ3v) is 3.41. The number of aromatic nitrogens is 1. The number of benzene rings is 1. The highest BCUT2D eigenvalue weighted by molar-refractivity contribution is 7.22. The predicted molar refractivity (Wildman–Crippen MR) is 68.3 cm³/mol. The molecule has 0 bridgehead atoms. The summed E-state index contributed by atoms with van der Waals surface area (Å²) in [4.78, 5) is 14.7. The van der Waals surface area contributed by atoms with E-state index in [2.05, 4.69) is 42.3 Å². The summed E-state index contributed by atoms with van der Waals surface area (Å²) < 4.78 is 1.15. The van der Waals surface area contributed by atoms with Gasteiger partial charge in [-0.2, -0.15) is 0 Å². The number of fused-ring (bicyclic) bond motifs is 1. The molecule has 3 nitrogen and oxygen atoms in total. The van der Waals surface area contributed by atoms with Crippen LogP contribution in [0.2, 0.25) is 0 Å². The first-order valence-corrected chi connectivity index (χ1v) is 6.10. The van der Waals surface area contributed by atoms with Gasteiger partial charge in [-0.05, 0) is 23.6 Å². The van der Waals surface area contributed by atoms with Gasteiger partial charge in [-0.3, -0.25) is 0 Å². The Morgan fingerprint density at radius 1 is 1.50 bits per heavy atom. The van der Waals surface area contributed by atoms with Crippen molar-refractivity contribution in [1.29, 1.82) is 0 Å². The third kappa shape index (κ3) is 2.22. The van der Waals surface area contributed by atoms with E-state index in [9.17, 15) is 4.79 Å². The van der Waals surface area contributed by atoms with E-state index in [0.717, 1.165) is 21.6 Å². The fraction of sp³-hybridized carbons (Fsp3) is 0.333. The molecule has 0 aliphatic rings. The Bertz CT molecular complexity index is 505. The molecule has 0 radical (unpaired) electrons. The Balaban J connectivity index is 2.34. The van der Waals surface area contributed by atoms with Crippen LogP contribution in [0, 0.1) is 0 Å². The second-order valence-electron chi connectivity index (χ2n) is 3.95. The van der Waals surface area contributed by atoms with Crippen molar-refractivity contribution in [3.05, 3.63) is 23.8 Å². The van der Waals surface area contributed by atoms with Crippen LogP contribution in [-0.4, -0.2) is 17.8 Å². The first-order valence-electron chi connectivity index (χ1n) is 5.28. The quantitative estimate of drug-likeness (QED) is 0.827. The minimum absolute atomic E-state index is 0.316. The summed E-state index contributed by atoms with van der Waals surface area (Å²) in [5, 5.41) is 3.78. The molecule has 0 amide bonds. The number of hydrogen-bond donors (Lipinski definition) is 1. The highest BCUT2D eigenvalue weighted by atomic mass is 32.1. The molecule has 1 heterocycles. The van der Waals surface area contributed by atoms with Crippen LogP contribution in [0.1, 0.15) is 25.3 Å². The lowest BCUT2D eigenvalue weighted by atomic mass is 10.0. The SMILES string of the molecule is CC(C)c1ccc2sc(NCC=O)nc2c1. The molecule has 1 aromatic heterocycles. The van der Waals surface area contributed by atoms with E-state index in [1.54, 1.807) is 11.3 Å². The van der Waals surface area contributed by atoms with Crippen molar-refractivity contribution in [2.75, 3.05) is 11.9 Å². The summed E-state index contributed by atoms with van der Waals surface area (Å²) in [6.07, 6.45) is 0.839. The lowest BCUT2D eigenvalue weighted by Crippen LogP contribution is -2.00. The number of aldehydes is 1. The molecule has 2 aromatic rings. The standard InChI is InChI=1S/C12H14N2OS/c1-8(2)9-3-4-11-10(7-9)14-12(16-11)13-5-6-15/h3-4,6-8H,5H2,1-2H3,(H,13,14). The van der Waals surface area contributed by atoms with Crippen LogP contribution in [0.4, 0.5) is 5.13 Å². The van der Waals surface area contributed by atoms with E-state index in [4.69, 9.17) is 0 Å². The maximum Gasteiger partial charge on any atom is 0.184 e. The van der Waals surface area contributed by atoms with Crippen LogP contribution >= 0.6 is 11.3 Å². The number of hydrogen-bond acceptors (Lipinski definition) is 4. The Hall–Kier alpha value is -1.42. The molecule has 0 saturated heterocycles. The van der Waals surface area contributed by atoms with E-state index in [1.165, 1.54) is 5.56 Å². The smallest absolute Gasteiger partial charge is 0.184 e. The minimum atomic E-state index is 0.316. The van der Waals surface area contributed by atoms with Crippen LogP contribution in [-0.2, 0) is 4.79 Å². The zero-order chi connectivity index (χ0) is 11.5. The molecular formula is C12H14N2OS. The Morgan fingerprint density at radius 3 is 3.00 bits per heavy atom. The number of rotatable bonds is 4. The molecule has 16 heavy (non-hydrogen) atoms. The maximum atomic E-state index is 10.3. The Labute approximate surface area is 98.5 Å². The van der Waals surface area contributed by atoms with Crippen LogP contribution in [0.3, 0.4) is 0 Å². The first-order chi connectivity index (χ1) is 7.70. The Morgan fingerprint density at radius 2 is 2.31 bits per heavy atom. The fourth-order valence-electron chi connectivity index (χ4n) is 1.51. The van der Waals surface area contributed by atoms with Gasteiger partial charge in [-0.1, -0.05) is 31.3 Å². The zero-order valence-electron chi connectivity index (χ0n) is 9.36. The van der Waals surface area contributed by atoms with Gasteiger partial charge in [0.05, 0.1) is 16.8 Å².